The molecule has 0 aromatic heterocycles. The summed E-state index contributed by atoms with van der Waals surface area (Å²) >= 11 is 0. The van der Waals surface area contributed by atoms with E-state index in [0.29, 0.717) is 6.04 Å². The largest absolute Gasteiger partial charge is 0.311 e. The van der Waals surface area contributed by atoms with Crippen LogP contribution in [0.3, 0.4) is 0 Å². The Bertz CT molecular complexity index is 426. The molecule has 1 N–H and O–H groups in total. The van der Waals surface area contributed by atoms with Crippen molar-refractivity contribution >= 4 is 0 Å². The number of hydrogen-bond donors (Lipinski definition) is 1. The molecule has 118 valence electrons. The van der Waals surface area contributed by atoms with Crippen LogP contribution in [0.15, 0.2) is 24.3 Å². The minimum atomic E-state index is 0.285. The lowest BCUT2D eigenvalue weighted by Crippen LogP contribution is -2.62. The van der Waals surface area contributed by atoms with Crippen LogP contribution in [0.4, 0.5) is 0 Å². The number of aryl methyl sites for hydroxylation is 1. The molecule has 1 heterocycles. The normalized spacial score (nSPS) is 27.0. The lowest BCUT2D eigenvalue weighted by atomic mass is 9.90. The summed E-state index contributed by atoms with van der Waals surface area (Å²) in [6.07, 6.45) is 4.87. The fourth-order valence-corrected chi connectivity index (χ4v) is 3.27. The second-order valence-corrected chi connectivity index (χ2v) is 6.77. The minimum Gasteiger partial charge on any atom is -0.311 e. The van der Waals surface area contributed by atoms with Crippen LogP contribution in [0, 0.1) is 0 Å². The quantitative estimate of drug-likeness (QED) is 0.851. The number of nitrogens with one attached hydrogen (secondary N) is 1. The van der Waals surface area contributed by atoms with Crippen LogP contribution in [-0.2, 0) is 13.0 Å². The van der Waals surface area contributed by atoms with Crippen LogP contribution in [-0.4, -0.2) is 29.6 Å². The van der Waals surface area contributed by atoms with Crippen molar-refractivity contribution in [2.45, 2.75) is 71.5 Å². The summed E-state index contributed by atoms with van der Waals surface area (Å²) in [5, 5.41) is 3.75. The molecule has 0 amide bonds. The Morgan fingerprint density at radius 2 is 1.81 bits per heavy atom. The van der Waals surface area contributed by atoms with Crippen molar-refractivity contribution in [1.82, 2.24) is 10.2 Å². The Morgan fingerprint density at radius 3 is 2.38 bits per heavy atom. The zero-order valence-electron chi connectivity index (χ0n) is 14.3. The zero-order chi connectivity index (χ0) is 15.3. The van der Waals surface area contributed by atoms with Gasteiger partial charge in [-0.15, -0.1) is 0 Å². The summed E-state index contributed by atoms with van der Waals surface area (Å²) in [7, 11) is 0. The second kappa shape index (κ2) is 7.42. The molecule has 0 radical (unpaired) electrons. The molecule has 0 bridgehead atoms. The molecular formula is C19H32N2. The van der Waals surface area contributed by atoms with E-state index in [2.05, 4.69) is 62.2 Å². The molecule has 1 aromatic carbocycles. The summed E-state index contributed by atoms with van der Waals surface area (Å²) in [4.78, 5) is 2.70. The first-order chi connectivity index (χ1) is 10.1. The fraction of sp³-hybridized carbons (Fsp3) is 0.684. The van der Waals surface area contributed by atoms with Crippen LogP contribution in [0.25, 0.3) is 0 Å². The molecular weight excluding hydrogens is 256 g/mol. The van der Waals surface area contributed by atoms with Crippen molar-refractivity contribution in [2.75, 3.05) is 13.1 Å². The van der Waals surface area contributed by atoms with Gasteiger partial charge in [0.2, 0.25) is 0 Å². The lowest BCUT2D eigenvalue weighted by Gasteiger charge is -2.48. The summed E-state index contributed by atoms with van der Waals surface area (Å²) in [5.74, 6) is 0. The predicted molar refractivity (Wildman–Crippen MR) is 91.6 cm³/mol. The Kier molecular flexibility index (Phi) is 5.83. The van der Waals surface area contributed by atoms with Crippen LogP contribution in [0.1, 0.15) is 58.1 Å². The molecule has 1 aliphatic heterocycles. The van der Waals surface area contributed by atoms with Crippen LogP contribution < -0.4 is 5.32 Å². The first kappa shape index (κ1) is 16.5. The van der Waals surface area contributed by atoms with Gasteiger partial charge in [0, 0.05) is 31.2 Å². The molecule has 1 fully saturated rings. The molecule has 1 saturated heterocycles. The molecule has 2 rings (SSSR count). The van der Waals surface area contributed by atoms with Gasteiger partial charge >= 0.3 is 0 Å². The molecule has 2 unspecified atom stereocenters. The van der Waals surface area contributed by atoms with Gasteiger partial charge in [-0.3, -0.25) is 4.90 Å². The maximum absolute atomic E-state index is 3.75. The van der Waals surface area contributed by atoms with E-state index < -0.39 is 0 Å². The fourth-order valence-electron chi connectivity index (χ4n) is 3.27. The first-order valence-electron chi connectivity index (χ1n) is 8.67. The molecule has 1 aliphatic rings. The number of rotatable bonds is 6. The summed E-state index contributed by atoms with van der Waals surface area (Å²) < 4.78 is 0. The predicted octanol–water partition coefficient (Wildman–Crippen LogP) is 3.99. The SMILES string of the molecule is CCCC1CN(Cc2ccc(CC)cc2)C(C)(CC)CN1. The summed E-state index contributed by atoms with van der Waals surface area (Å²) in [6, 6.07) is 9.84. The summed E-state index contributed by atoms with van der Waals surface area (Å²) in [5.41, 5.74) is 3.17. The van der Waals surface area contributed by atoms with E-state index in [1.54, 1.807) is 0 Å². The number of piperazine rings is 1. The maximum atomic E-state index is 3.75. The van der Waals surface area contributed by atoms with Gasteiger partial charge in [0.15, 0.2) is 0 Å². The topological polar surface area (TPSA) is 15.3 Å². The average molecular weight is 288 g/mol. The molecule has 0 saturated carbocycles. The maximum Gasteiger partial charge on any atom is 0.0307 e. The summed E-state index contributed by atoms with van der Waals surface area (Å²) in [6.45, 7) is 12.6. The third-order valence-electron chi connectivity index (χ3n) is 5.18. The third-order valence-corrected chi connectivity index (χ3v) is 5.18. The Morgan fingerprint density at radius 1 is 1.14 bits per heavy atom. The van der Waals surface area contributed by atoms with Gasteiger partial charge in [-0.2, -0.15) is 0 Å². The van der Waals surface area contributed by atoms with Crippen molar-refractivity contribution in [2.24, 2.45) is 0 Å². The van der Waals surface area contributed by atoms with E-state index in [1.807, 2.05) is 0 Å². The van der Waals surface area contributed by atoms with Gasteiger partial charge in [0.05, 0.1) is 0 Å². The van der Waals surface area contributed by atoms with Gasteiger partial charge in [-0.25, -0.2) is 0 Å². The lowest BCUT2D eigenvalue weighted by molar-refractivity contribution is 0.0397. The number of nitrogens with zero attached hydrogens (tertiary/aromatic N) is 1. The standard InChI is InChI=1S/C19H32N2/c1-5-8-18-14-21(19(4,7-3)15-20-18)13-17-11-9-16(6-2)10-12-17/h9-12,18,20H,5-8,13-15H2,1-4H3. The van der Waals surface area contributed by atoms with Gasteiger partial charge in [-0.1, -0.05) is 51.5 Å². The second-order valence-electron chi connectivity index (χ2n) is 6.77. The highest BCUT2D eigenvalue weighted by atomic mass is 15.3. The molecule has 2 atom stereocenters. The number of benzene rings is 1. The molecule has 21 heavy (non-hydrogen) atoms. The molecule has 0 aliphatic carbocycles. The molecule has 1 aromatic rings. The van der Waals surface area contributed by atoms with Crippen LogP contribution in [0.5, 0.6) is 0 Å². The first-order valence-corrected chi connectivity index (χ1v) is 8.67. The Hall–Kier alpha value is -0.860. The van der Waals surface area contributed by atoms with E-state index >= 15 is 0 Å². The Balaban J connectivity index is 2.08. The van der Waals surface area contributed by atoms with E-state index in [4.69, 9.17) is 0 Å². The third kappa shape index (κ3) is 4.08. The van der Waals surface area contributed by atoms with Gasteiger partial charge in [-0.05, 0) is 37.3 Å². The molecule has 2 heteroatoms. The Labute approximate surface area is 130 Å². The highest BCUT2D eigenvalue weighted by molar-refractivity contribution is 5.22. The highest BCUT2D eigenvalue weighted by Crippen LogP contribution is 2.26. The van der Waals surface area contributed by atoms with E-state index in [-0.39, 0.29) is 5.54 Å². The molecule has 2 nitrogen and oxygen atoms in total. The average Bonchev–Trinajstić information content (AvgIpc) is 2.52. The van der Waals surface area contributed by atoms with Gasteiger partial charge in [0.25, 0.3) is 0 Å². The van der Waals surface area contributed by atoms with Crippen LogP contribution >= 0.6 is 0 Å². The van der Waals surface area contributed by atoms with E-state index in [0.717, 1.165) is 19.5 Å². The van der Waals surface area contributed by atoms with Crippen molar-refractivity contribution in [3.8, 4) is 0 Å². The smallest absolute Gasteiger partial charge is 0.0307 e. The van der Waals surface area contributed by atoms with E-state index in [1.165, 1.54) is 36.9 Å². The molecule has 0 spiro atoms. The van der Waals surface area contributed by atoms with Crippen LogP contribution in [0.2, 0.25) is 0 Å². The van der Waals surface area contributed by atoms with Crippen molar-refractivity contribution in [3.63, 3.8) is 0 Å². The van der Waals surface area contributed by atoms with Crippen molar-refractivity contribution < 1.29 is 0 Å². The minimum absolute atomic E-state index is 0.285. The monoisotopic (exact) mass is 288 g/mol. The van der Waals surface area contributed by atoms with Gasteiger partial charge < -0.3 is 5.32 Å². The van der Waals surface area contributed by atoms with E-state index in [9.17, 15) is 0 Å². The van der Waals surface area contributed by atoms with Gasteiger partial charge in [0.1, 0.15) is 0 Å². The highest BCUT2D eigenvalue weighted by Gasteiger charge is 2.35. The van der Waals surface area contributed by atoms with Crippen molar-refractivity contribution in [1.29, 1.82) is 0 Å². The van der Waals surface area contributed by atoms with Crippen molar-refractivity contribution in [3.05, 3.63) is 35.4 Å². The zero-order valence-corrected chi connectivity index (χ0v) is 14.3. The number of hydrogen-bond acceptors (Lipinski definition) is 2.